The minimum Gasteiger partial charge on any atom is -0.545 e. The van der Waals surface area contributed by atoms with Crippen LogP contribution in [0.4, 0.5) is 0 Å². The van der Waals surface area contributed by atoms with Gasteiger partial charge >= 0.3 is 0 Å². The van der Waals surface area contributed by atoms with E-state index in [1.54, 1.807) is 0 Å². The van der Waals surface area contributed by atoms with Crippen LogP contribution in [-0.2, 0) is 10.1 Å². The molecule has 1 rings (SSSR count). The number of aromatic carboxylic acids is 1. The molecule has 1 aromatic rings. The highest BCUT2D eigenvalue weighted by Gasteiger charge is 2.17. The molecule has 0 atom stereocenters. The van der Waals surface area contributed by atoms with Crippen LogP contribution in [0.15, 0.2) is 23.1 Å². The Hall–Kier alpha value is -1.40. The molecule has 5 nitrogen and oxygen atoms in total. The molecule has 0 aliphatic carbocycles. The van der Waals surface area contributed by atoms with E-state index in [0.29, 0.717) is 0 Å². The quantitative estimate of drug-likeness (QED) is 0.677. The van der Waals surface area contributed by atoms with E-state index in [4.69, 9.17) is 4.55 Å². The molecule has 76 valence electrons. The fourth-order valence-corrected chi connectivity index (χ4v) is 1.87. The highest BCUT2D eigenvalue weighted by atomic mass is 32.2. The molecule has 0 saturated carbocycles. The number of carboxylic acid groups (broad SMARTS) is 1. The number of carboxylic acids is 1. The number of aryl methyl sites for hydroxylation is 1. The fraction of sp³-hybridized carbons (Fsp3) is 0.125. The summed E-state index contributed by atoms with van der Waals surface area (Å²) in [6.45, 7) is 1.42. The number of carbonyl (C=O) groups excluding carboxylic acids is 1. The first-order valence-electron chi connectivity index (χ1n) is 3.62. The Morgan fingerprint density at radius 3 is 2.36 bits per heavy atom. The van der Waals surface area contributed by atoms with Crippen molar-refractivity contribution in [1.82, 2.24) is 0 Å². The Labute approximate surface area is 80.7 Å². The van der Waals surface area contributed by atoms with Crippen molar-refractivity contribution in [3.8, 4) is 0 Å². The zero-order valence-corrected chi connectivity index (χ0v) is 8.04. The number of hydrogen-bond acceptors (Lipinski definition) is 4. The first-order chi connectivity index (χ1) is 6.34. The molecule has 1 aromatic carbocycles. The Morgan fingerprint density at radius 2 is 2.00 bits per heavy atom. The summed E-state index contributed by atoms with van der Waals surface area (Å²) >= 11 is 0. The molecule has 0 aliphatic rings. The fourth-order valence-electron chi connectivity index (χ4n) is 1.12. The highest BCUT2D eigenvalue weighted by Crippen LogP contribution is 2.18. The van der Waals surface area contributed by atoms with E-state index < -0.39 is 26.5 Å². The Bertz CT molecular complexity index is 475. The van der Waals surface area contributed by atoms with E-state index in [9.17, 15) is 18.3 Å². The normalized spacial score (nSPS) is 11.3. The van der Waals surface area contributed by atoms with Crippen molar-refractivity contribution in [3.05, 3.63) is 29.3 Å². The molecule has 0 fully saturated rings. The lowest BCUT2D eigenvalue weighted by atomic mass is 10.1. The van der Waals surface area contributed by atoms with Crippen molar-refractivity contribution < 1.29 is 22.9 Å². The summed E-state index contributed by atoms with van der Waals surface area (Å²) in [5.74, 6) is -1.63. The molecule has 0 spiro atoms. The van der Waals surface area contributed by atoms with E-state index in [0.717, 1.165) is 6.07 Å². The number of benzene rings is 1. The van der Waals surface area contributed by atoms with Crippen LogP contribution < -0.4 is 5.11 Å². The number of carbonyl (C=O) groups is 1. The topological polar surface area (TPSA) is 94.5 Å². The third-order valence-corrected chi connectivity index (χ3v) is 2.61. The predicted octanol–water partition coefficient (Wildman–Crippen LogP) is -0.395. The zero-order chi connectivity index (χ0) is 10.9. The van der Waals surface area contributed by atoms with Gasteiger partial charge in [-0.15, -0.1) is 0 Å². The molecule has 0 aliphatic heterocycles. The van der Waals surface area contributed by atoms with Crippen molar-refractivity contribution >= 4 is 16.1 Å². The molecule has 6 heteroatoms. The molecule has 0 saturated heterocycles. The monoisotopic (exact) mass is 215 g/mol. The maximum atomic E-state index is 10.8. The largest absolute Gasteiger partial charge is 0.545 e. The summed E-state index contributed by atoms with van der Waals surface area (Å²) in [6.07, 6.45) is 0. The molecular weight excluding hydrogens is 208 g/mol. The lowest BCUT2D eigenvalue weighted by Crippen LogP contribution is -2.25. The van der Waals surface area contributed by atoms with E-state index in [1.807, 2.05) is 0 Å². The third-order valence-electron chi connectivity index (χ3n) is 1.72. The van der Waals surface area contributed by atoms with Crippen LogP contribution in [0.5, 0.6) is 0 Å². The molecule has 0 amide bonds. The van der Waals surface area contributed by atoms with Crippen LogP contribution in [0.3, 0.4) is 0 Å². The summed E-state index contributed by atoms with van der Waals surface area (Å²) in [5.41, 5.74) is -0.282. The minimum absolute atomic E-state index is 0.222. The summed E-state index contributed by atoms with van der Waals surface area (Å²) in [4.78, 5) is 9.96. The lowest BCUT2D eigenvalue weighted by molar-refractivity contribution is -0.255. The smallest absolute Gasteiger partial charge is 0.295 e. The van der Waals surface area contributed by atoms with Gasteiger partial charge in [0.15, 0.2) is 0 Å². The van der Waals surface area contributed by atoms with Crippen LogP contribution in [-0.4, -0.2) is 18.9 Å². The average Bonchev–Trinajstić information content (AvgIpc) is 2.01. The van der Waals surface area contributed by atoms with Gasteiger partial charge in [-0.3, -0.25) is 4.55 Å². The van der Waals surface area contributed by atoms with Crippen LogP contribution in [0.1, 0.15) is 15.9 Å². The highest BCUT2D eigenvalue weighted by molar-refractivity contribution is 7.86. The van der Waals surface area contributed by atoms with Gasteiger partial charge in [0.1, 0.15) is 4.90 Å². The molecule has 14 heavy (non-hydrogen) atoms. The second kappa shape index (κ2) is 3.39. The first-order valence-corrected chi connectivity index (χ1v) is 5.06. The maximum absolute atomic E-state index is 10.8. The van der Waals surface area contributed by atoms with Crippen LogP contribution >= 0.6 is 0 Å². The van der Waals surface area contributed by atoms with Crippen LogP contribution in [0.2, 0.25) is 0 Å². The van der Waals surface area contributed by atoms with Crippen molar-refractivity contribution in [2.24, 2.45) is 0 Å². The second-order valence-corrected chi connectivity index (χ2v) is 4.10. The van der Waals surface area contributed by atoms with Crippen LogP contribution in [0, 0.1) is 6.92 Å². The van der Waals surface area contributed by atoms with Gasteiger partial charge in [-0.05, 0) is 18.6 Å². The summed E-state index contributed by atoms with van der Waals surface area (Å²) in [6, 6.07) is 3.76. The predicted molar refractivity (Wildman–Crippen MR) is 45.3 cm³/mol. The van der Waals surface area contributed by atoms with Crippen molar-refractivity contribution in [2.45, 2.75) is 11.8 Å². The minimum atomic E-state index is -4.52. The van der Waals surface area contributed by atoms with Gasteiger partial charge in [0.25, 0.3) is 10.1 Å². The zero-order valence-electron chi connectivity index (χ0n) is 7.22. The summed E-state index contributed by atoms with van der Waals surface area (Å²) in [5, 5.41) is 10.6. The molecule has 0 heterocycles. The SMILES string of the molecule is Cc1cccc(S(=O)(=O)O)c1C(=O)[O-]. The molecular formula is C8H7O5S-. The Balaban J connectivity index is 3.61. The number of hydrogen-bond donors (Lipinski definition) is 1. The third kappa shape index (κ3) is 1.91. The van der Waals surface area contributed by atoms with Crippen molar-refractivity contribution in [2.75, 3.05) is 0 Å². The summed E-state index contributed by atoms with van der Waals surface area (Å²) < 4.78 is 30.3. The first kappa shape index (κ1) is 10.7. The van der Waals surface area contributed by atoms with Gasteiger partial charge < -0.3 is 9.90 Å². The van der Waals surface area contributed by atoms with E-state index in [2.05, 4.69) is 0 Å². The second-order valence-electron chi connectivity index (χ2n) is 2.71. The maximum Gasteiger partial charge on any atom is 0.295 e. The number of rotatable bonds is 2. The van der Waals surface area contributed by atoms with E-state index >= 15 is 0 Å². The molecule has 0 unspecified atom stereocenters. The van der Waals surface area contributed by atoms with Gasteiger partial charge in [0.2, 0.25) is 0 Å². The molecule has 0 aromatic heterocycles. The standard InChI is InChI=1S/C8H8O5S/c1-5-3-2-4-6(14(11,12)13)7(5)8(9)10/h2-4H,1H3,(H,9,10)(H,11,12,13)/p-1. The molecule has 0 bridgehead atoms. The lowest BCUT2D eigenvalue weighted by Gasteiger charge is -2.10. The Kier molecular flexibility index (Phi) is 2.59. The van der Waals surface area contributed by atoms with Crippen molar-refractivity contribution in [3.63, 3.8) is 0 Å². The van der Waals surface area contributed by atoms with Crippen LogP contribution in [0.25, 0.3) is 0 Å². The van der Waals surface area contributed by atoms with Crippen molar-refractivity contribution in [1.29, 1.82) is 0 Å². The van der Waals surface area contributed by atoms with E-state index in [1.165, 1.54) is 19.1 Å². The van der Waals surface area contributed by atoms with Gasteiger partial charge in [-0.25, -0.2) is 0 Å². The van der Waals surface area contributed by atoms with Gasteiger partial charge in [0, 0.05) is 5.56 Å². The van der Waals surface area contributed by atoms with Gasteiger partial charge in [-0.1, -0.05) is 12.1 Å². The molecule has 1 N–H and O–H groups in total. The van der Waals surface area contributed by atoms with Gasteiger partial charge in [0.05, 0.1) is 5.97 Å². The van der Waals surface area contributed by atoms with Gasteiger partial charge in [-0.2, -0.15) is 8.42 Å². The average molecular weight is 215 g/mol. The Morgan fingerprint density at radius 1 is 1.43 bits per heavy atom. The summed E-state index contributed by atoms with van der Waals surface area (Å²) in [7, 11) is -4.52. The van der Waals surface area contributed by atoms with E-state index in [-0.39, 0.29) is 5.56 Å². The molecule has 0 radical (unpaired) electrons.